The minimum atomic E-state index is -1.26. The minimum Gasteiger partial charge on any atom is -0.478 e. The summed E-state index contributed by atoms with van der Waals surface area (Å²) in [4.78, 5) is 11.1. The van der Waals surface area contributed by atoms with Gasteiger partial charge in [0.2, 0.25) is 6.10 Å². The Morgan fingerprint density at radius 1 is 1.44 bits per heavy atom. The molecule has 0 fully saturated rings. The van der Waals surface area contributed by atoms with E-state index < -0.39 is 23.8 Å². The highest BCUT2D eigenvalue weighted by molar-refractivity contribution is 5.76. The van der Waals surface area contributed by atoms with Crippen LogP contribution in [-0.2, 0) is 9.53 Å². The number of rotatable bonds is 2. The first-order valence-corrected chi connectivity index (χ1v) is 5.09. The predicted octanol–water partition coefficient (Wildman–Crippen LogP) is 1.09. The maximum atomic E-state index is 12.8. The van der Waals surface area contributed by atoms with E-state index in [0.29, 0.717) is 5.56 Å². The van der Waals surface area contributed by atoms with E-state index >= 15 is 0 Å². The van der Waals surface area contributed by atoms with Crippen molar-refractivity contribution in [2.75, 3.05) is 0 Å². The van der Waals surface area contributed by atoms with Crippen molar-refractivity contribution in [2.24, 2.45) is 5.73 Å². The molecule has 3 N–H and O–H groups in total. The van der Waals surface area contributed by atoms with Crippen LogP contribution in [0.5, 0.6) is 0 Å². The van der Waals surface area contributed by atoms with Crippen molar-refractivity contribution in [3.05, 3.63) is 47.1 Å². The van der Waals surface area contributed by atoms with Crippen LogP contribution in [0.2, 0.25) is 0 Å². The van der Waals surface area contributed by atoms with Crippen molar-refractivity contribution in [2.45, 2.75) is 12.0 Å². The normalized spacial score (nSPS) is 22.4. The molecule has 0 saturated heterocycles. The number of carboxylic acids is 1. The van der Waals surface area contributed by atoms with E-state index in [2.05, 4.69) is 0 Å². The average molecular weight is 248 g/mol. The van der Waals surface area contributed by atoms with Crippen molar-refractivity contribution in [3.63, 3.8) is 0 Å². The molecule has 1 aromatic rings. The average Bonchev–Trinajstić information content (AvgIpc) is 2.67. The van der Waals surface area contributed by atoms with Crippen LogP contribution in [-0.4, -0.2) is 17.2 Å². The number of nitriles is 1. The summed E-state index contributed by atoms with van der Waals surface area (Å²) in [5, 5.41) is 18.0. The van der Waals surface area contributed by atoms with E-state index in [1.54, 1.807) is 0 Å². The molecule has 5 nitrogen and oxygen atoms in total. The summed E-state index contributed by atoms with van der Waals surface area (Å²) in [6.45, 7) is 0. The Hall–Kier alpha value is -2.55. The van der Waals surface area contributed by atoms with Gasteiger partial charge in [0.25, 0.3) is 0 Å². The number of halogens is 1. The summed E-state index contributed by atoms with van der Waals surface area (Å²) in [6.07, 6.45) is -1.26. The maximum Gasteiger partial charge on any atom is 0.346 e. The van der Waals surface area contributed by atoms with Gasteiger partial charge in [-0.1, -0.05) is 12.1 Å². The summed E-state index contributed by atoms with van der Waals surface area (Å²) in [5.74, 6) is -2.68. The minimum absolute atomic E-state index is 0.0500. The smallest absolute Gasteiger partial charge is 0.346 e. The first-order chi connectivity index (χ1) is 8.54. The maximum absolute atomic E-state index is 12.8. The zero-order valence-electron chi connectivity index (χ0n) is 9.13. The molecule has 6 heteroatoms. The van der Waals surface area contributed by atoms with Crippen molar-refractivity contribution >= 4 is 5.97 Å². The molecule has 2 atom stereocenters. The van der Waals surface area contributed by atoms with Crippen molar-refractivity contribution in [1.82, 2.24) is 0 Å². The van der Waals surface area contributed by atoms with Crippen molar-refractivity contribution < 1.29 is 19.0 Å². The molecule has 0 bridgehead atoms. The van der Waals surface area contributed by atoms with Gasteiger partial charge >= 0.3 is 5.97 Å². The van der Waals surface area contributed by atoms with Crippen LogP contribution >= 0.6 is 0 Å². The Balaban J connectivity index is 2.47. The van der Waals surface area contributed by atoms with Crippen molar-refractivity contribution in [1.29, 1.82) is 5.26 Å². The van der Waals surface area contributed by atoms with Gasteiger partial charge in [-0.25, -0.2) is 9.18 Å². The molecule has 0 radical (unpaired) electrons. The number of aliphatic carboxylic acids is 1. The van der Waals surface area contributed by atoms with Gasteiger partial charge in [0.05, 0.1) is 5.92 Å². The zero-order valence-corrected chi connectivity index (χ0v) is 9.13. The molecule has 1 aliphatic heterocycles. The van der Waals surface area contributed by atoms with E-state index in [1.807, 2.05) is 6.07 Å². The quantitative estimate of drug-likeness (QED) is 0.816. The van der Waals surface area contributed by atoms with E-state index in [-0.39, 0.29) is 11.5 Å². The fourth-order valence-electron chi connectivity index (χ4n) is 1.90. The summed E-state index contributed by atoms with van der Waals surface area (Å²) >= 11 is 0. The van der Waals surface area contributed by atoms with E-state index in [9.17, 15) is 9.18 Å². The third kappa shape index (κ3) is 1.86. The molecule has 0 amide bonds. The lowest BCUT2D eigenvalue weighted by Crippen LogP contribution is -2.27. The fourth-order valence-corrected chi connectivity index (χ4v) is 1.90. The second-order valence-corrected chi connectivity index (χ2v) is 3.80. The second-order valence-electron chi connectivity index (χ2n) is 3.80. The highest BCUT2D eigenvalue weighted by Crippen LogP contribution is 2.37. The summed E-state index contributed by atoms with van der Waals surface area (Å²) in [6, 6.07) is 7.04. The largest absolute Gasteiger partial charge is 0.478 e. The Labute approximate surface area is 102 Å². The number of nitrogens with zero attached hydrogens (tertiary/aromatic N) is 1. The van der Waals surface area contributed by atoms with Gasteiger partial charge in [0, 0.05) is 0 Å². The van der Waals surface area contributed by atoms with Crippen LogP contribution < -0.4 is 5.73 Å². The highest BCUT2D eigenvalue weighted by Gasteiger charge is 2.42. The Bertz CT molecular complexity index is 560. The van der Waals surface area contributed by atoms with E-state index in [0.717, 1.165) is 0 Å². The Morgan fingerprint density at radius 2 is 2.06 bits per heavy atom. The molecule has 0 aromatic heterocycles. The molecule has 0 spiro atoms. The highest BCUT2D eigenvalue weighted by atomic mass is 19.1. The molecule has 0 aliphatic carbocycles. The fraction of sp³-hybridized carbons (Fsp3) is 0.167. The van der Waals surface area contributed by atoms with Gasteiger partial charge in [-0.2, -0.15) is 5.26 Å². The number of ether oxygens (including phenoxy) is 1. The van der Waals surface area contributed by atoms with Crippen LogP contribution in [0.3, 0.4) is 0 Å². The summed E-state index contributed by atoms with van der Waals surface area (Å²) in [7, 11) is 0. The number of hydrogen-bond donors (Lipinski definition) is 2. The van der Waals surface area contributed by atoms with Gasteiger partial charge in [0.15, 0.2) is 5.88 Å². The molecule has 1 aliphatic rings. The second kappa shape index (κ2) is 4.37. The van der Waals surface area contributed by atoms with Crippen LogP contribution in [0.1, 0.15) is 11.5 Å². The molecular weight excluding hydrogens is 239 g/mol. The van der Waals surface area contributed by atoms with Crippen LogP contribution in [0, 0.1) is 17.1 Å². The lowest BCUT2D eigenvalue weighted by atomic mass is 9.88. The lowest BCUT2D eigenvalue weighted by molar-refractivity contribution is -0.147. The van der Waals surface area contributed by atoms with Gasteiger partial charge in [0.1, 0.15) is 17.5 Å². The number of hydrogen-bond acceptors (Lipinski definition) is 4. The molecule has 0 saturated carbocycles. The SMILES string of the molecule is N#CC1=C(N)O[C@@H](C(=O)O)[C@H]1c1ccc(F)cc1. The van der Waals surface area contributed by atoms with Crippen molar-refractivity contribution in [3.8, 4) is 6.07 Å². The Kier molecular flexibility index (Phi) is 2.90. The number of carbonyl (C=O) groups is 1. The molecule has 2 rings (SSSR count). The van der Waals surface area contributed by atoms with Gasteiger partial charge in [-0.15, -0.1) is 0 Å². The molecule has 1 heterocycles. The van der Waals surface area contributed by atoms with Gasteiger partial charge < -0.3 is 15.6 Å². The lowest BCUT2D eigenvalue weighted by Gasteiger charge is -2.15. The standard InChI is InChI=1S/C12H9FN2O3/c13-7-3-1-6(2-4-7)9-8(5-14)11(15)18-10(9)12(16)17/h1-4,9-10H,15H2,(H,16,17)/t9-,10+/m0/s1. The van der Waals surface area contributed by atoms with E-state index in [4.69, 9.17) is 20.8 Å². The third-order valence-electron chi connectivity index (χ3n) is 2.73. The third-order valence-corrected chi connectivity index (χ3v) is 2.73. The summed E-state index contributed by atoms with van der Waals surface area (Å²) in [5.41, 5.74) is 6.00. The van der Waals surface area contributed by atoms with Gasteiger partial charge in [-0.05, 0) is 17.7 Å². The molecule has 0 unspecified atom stereocenters. The molecular formula is C12H9FN2O3. The molecule has 92 valence electrons. The molecule has 1 aromatic carbocycles. The van der Waals surface area contributed by atoms with Gasteiger partial charge in [-0.3, -0.25) is 0 Å². The number of carboxylic acid groups (broad SMARTS) is 1. The van der Waals surface area contributed by atoms with Crippen LogP contribution in [0.4, 0.5) is 4.39 Å². The zero-order chi connectivity index (χ0) is 13.3. The number of nitrogens with two attached hydrogens (primary N) is 1. The first kappa shape index (κ1) is 11.9. The van der Waals surface area contributed by atoms with Crippen LogP contribution in [0.15, 0.2) is 35.7 Å². The monoisotopic (exact) mass is 248 g/mol. The first-order valence-electron chi connectivity index (χ1n) is 5.09. The number of benzene rings is 1. The molecule has 18 heavy (non-hydrogen) atoms. The van der Waals surface area contributed by atoms with Crippen LogP contribution in [0.25, 0.3) is 0 Å². The Morgan fingerprint density at radius 3 is 2.56 bits per heavy atom. The van der Waals surface area contributed by atoms with E-state index in [1.165, 1.54) is 24.3 Å². The predicted molar refractivity (Wildman–Crippen MR) is 58.5 cm³/mol. The topological polar surface area (TPSA) is 96.3 Å². The summed E-state index contributed by atoms with van der Waals surface area (Å²) < 4.78 is 17.8.